The van der Waals surface area contributed by atoms with E-state index < -0.39 is 5.82 Å². The molecule has 2 nitrogen and oxygen atoms in total. The molecule has 84 valence electrons. The van der Waals surface area contributed by atoms with Crippen LogP contribution in [-0.4, -0.2) is 9.55 Å². The van der Waals surface area contributed by atoms with Gasteiger partial charge in [0.05, 0.1) is 10.7 Å². The molecular formula is C11H10ClFN2S. The lowest BCUT2D eigenvalue weighted by Gasteiger charge is -2.07. The van der Waals surface area contributed by atoms with E-state index in [1.54, 1.807) is 10.6 Å². The molecule has 0 unspecified atom stereocenters. The van der Waals surface area contributed by atoms with Crippen LogP contribution in [0, 0.1) is 10.6 Å². The molecule has 1 aromatic carbocycles. The second kappa shape index (κ2) is 4.39. The van der Waals surface area contributed by atoms with Crippen LogP contribution in [0.15, 0.2) is 24.4 Å². The lowest BCUT2D eigenvalue weighted by Crippen LogP contribution is -1.99. The molecule has 0 aliphatic heterocycles. The summed E-state index contributed by atoms with van der Waals surface area (Å²) in [4.78, 5) is 2.94. The zero-order valence-electron chi connectivity index (χ0n) is 8.63. The van der Waals surface area contributed by atoms with Crippen molar-refractivity contribution in [3.05, 3.63) is 45.7 Å². The predicted molar refractivity (Wildman–Crippen MR) is 65.3 cm³/mol. The number of benzene rings is 1. The molecule has 0 saturated carbocycles. The second-order valence-corrected chi connectivity index (χ2v) is 4.17. The maximum Gasteiger partial charge on any atom is 0.182 e. The standard InChI is InChI=1S/C11H10ClFN2S/c1-2-7-6-14-11(16)15(7)8-3-4-9(12)10(13)5-8/h3-6H,2H2,1H3,(H,14,16). The van der Waals surface area contributed by atoms with Gasteiger partial charge in [0.25, 0.3) is 0 Å². The highest BCUT2D eigenvalue weighted by Crippen LogP contribution is 2.20. The van der Waals surface area contributed by atoms with Crippen molar-refractivity contribution in [2.24, 2.45) is 0 Å². The van der Waals surface area contributed by atoms with Crippen molar-refractivity contribution in [1.82, 2.24) is 9.55 Å². The van der Waals surface area contributed by atoms with Gasteiger partial charge in [-0.05, 0) is 36.8 Å². The first-order valence-corrected chi connectivity index (χ1v) is 5.67. The summed E-state index contributed by atoms with van der Waals surface area (Å²) in [7, 11) is 0. The summed E-state index contributed by atoms with van der Waals surface area (Å²) in [5.41, 5.74) is 1.69. The number of halogens is 2. The number of nitrogens with one attached hydrogen (secondary N) is 1. The van der Waals surface area contributed by atoms with Crippen LogP contribution in [0.4, 0.5) is 4.39 Å². The average Bonchev–Trinajstić information content (AvgIpc) is 2.64. The smallest absolute Gasteiger partial charge is 0.182 e. The molecule has 1 heterocycles. The van der Waals surface area contributed by atoms with Gasteiger partial charge in [-0.15, -0.1) is 0 Å². The molecule has 0 spiro atoms. The SMILES string of the molecule is CCc1c[nH]c(=S)n1-c1ccc(Cl)c(F)c1. The van der Waals surface area contributed by atoms with Crippen molar-refractivity contribution < 1.29 is 4.39 Å². The maximum atomic E-state index is 13.3. The molecule has 5 heteroatoms. The Bertz CT molecular complexity index is 574. The van der Waals surface area contributed by atoms with Crippen LogP contribution in [0.1, 0.15) is 12.6 Å². The summed E-state index contributed by atoms with van der Waals surface area (Å²) < 4.78 is 15.7. The van der Waals surface area contributed by atoms with Crippen molar-refractivity contribution >= 4 is 23.8 Å². The van der Waals surface area contributed by atoms with Gasteiger partial charge >= 0.3 is 0 Å². The molecule has 1 N–H and O–H groups in total. The van der Waals surface area contributed by atoms with Gasteiger partial charge in [-0.1, -0.05) is 18.5 Å². The van der Waals surface area contributed by atoms with E-state index in [-0.39, 0.29) is 5.02 Å². The normalized spacial score (nSPS) is 10.7. The van der Waals surface area contributed by atoms with Crippen LogP contribution < -0.4 is 0 Å². The highest BCUT2D eigenvalue weighted by molar-refractivity contribution is 7.71. The number of hydrogen-bond donors (Lipinski definition) is 1. The summed E-state index contributed by atoms with van der Waals surface area (Å²) in [6.45, 7) is 2.01. The van der Waals surface area contributed by atoms with Crippen molar-refractivity contribution in [2.45, 2.75) is 13.3 Å². The number of imidazole rings is 1. The van der Waals surface area contributed by atoms with Gasteiger partial charge in [0, 0.05) is 11.9 Å². The first kappa shape index (κ1) is 11.4. The Kier molecular flexibility index (Phi) is 3.12. The van der Waals surface area contributed by atoms with E-state index in [0.29, 0.717) is 10.5 Å². The lowest BCUT2D eigenvalue weighted by molar-refractivity contribution is 0.626. The fourth-order valence-electron chi connectivity index (χ4n) is 1.57. The third-order valence-electron chi connectivity index (χ3n) is 2.38. The number of hydrogen-bond acceptors (Lipinski definition) is 1. The number of H-pyrrole nitrogens is 1. The van der Waals surface area contributed by atoms with Crippen LogP contribution in [0.25, 0.3) is 5.69 Å². The Morgan fingerprint density at radius 1 is 1.50 bits per heavy atom. The molecule has 0 radical (unpaired) electrons. The number of aromatic amines is 1. The van der Waals surface area contributed by atoms with E-state index in [0.717, 1.165) is 12.1 Å². The number of rotatable bonds is 2. The summed E-state index contributed by atoms with van der Waals surface area (Å²) >= 11 is 10.8. The summed E-state index contributed by atoms with van der Waals surface area (Å²) in [5, 5.41) is 0.115. The molecule has 0 saturated heterocycles. The Morgan fingerprint density at radius 3 is 2.88 bits per heavy atom. The van der Waals surface area contributed by atoms with Gasteiger partial charge < -0.3 is 4.98 Å². The molecule has 16 heavy (non-hydrogen) atoms. The monoisotopic (exact) mass is 256 g/mol. The van der Waals surface area contributed by atoms with Gasteiger partial charge in [0.1, 0.15) is 5.82 Å². The molecule has 2 rings (SSSR count). The second-order valence-electron chi connectivity index (χ2n) is 3.37. The van der Waals surface area contributed by atoms with Gasteiger partial charge in [-0.25, -0.2) is 4.39 Å². The van der Waals surface area contributed by atoms with E-state index in [1.165, 1.54) is 12.1 Å². The molecule has 1 aromatic heterocycles. The predicted octanol–water partition coefficient (Wildman–Crippen LogP) is 3.89. The zero-order valence-corrected chi connectivity index (χ0v) is 10.2. The van der Waals surface area contributed by atoms with E-state index in [4.69, 9.17) is 23.8 Å². The van der Waals surface area contributed by atoms with E-state index >= 15 is 0 Å². The van der Waals surface area contributed by atoms with Gasteiger partial charge in [0.2, 0.25) is 0 Å². The zero-order chi connectivity index (χ0) is 11.7. The molecule has 0 amide bonds. The fraction of sp³-hybridized carbons (Fsp3) is 0.182. The topological polar surface area (TPSA) is 20.7 Å². The largest absolute Gasteiger partial charge is 0.337 e. The van der Waals surface area contributed by atoms with Crippen LogP contribution in [0.3, 0.4) is 0 Å². The highest BCUT2D eigenvalue weighted by atomic mass is 35.5. The summed E-state index contributed by atoms with van der Waals surface area (Å²) in [6.07, 6.45) is 2.65. The Balaban J connectivity index is 2.62. The Morgan fingerprint density at radius 2 is 2.25 bits per heavy atom. The van der Waals surface area contributed by atoms with E-state index in [9.17, 15) is 4.39 Å². The van der Waals surface area contributed by atoms with Crippen molar-refractivity contribution in [2.75, 3.05) is 0 Å². The third-order valence-corrected chi connectivity index (χ3v) is 2.98. The Labute approximate surface area is 103 Å². The minimum atomic E-state index is -0.440. The molecule has 0 fully saturated rings. The first-order valence-electron chi connectivity index (χ1n) is 4.88. The van der Waals surface area contributed by atoms with Crippen LogP contribution in [0.5, 0.6) is 0 Å². The summed E-state index contributed by atoms with van der Waals surface area (Å²) in [5.74, 6) is -0.440. The van der Waals surface area contributed by atoms with E-state index in [1.807, 2.05) is 13.1 Å². The highest BCUT2D eigenvalue weighted by Gasteiger charge is 2.07. The minimum absolute atomic E-state index is 0.115. The number of aromatic nitrogens is 2. The molecule has 0 atom stereocenters. The molecule has 0 aliphatic carbocycles. The van der Waals surface area contributed by atoms with Crippen molar-refractivity contribution in [1.29, 1.82) is 0 Å². The Hall–Kier alpha value is -1.13. The number of aryl methyl sites for hydroxylation is 1. The lowest BCUT2D eigenvalue weighted by atomic mass is 10.3. The minimum Gasteiger partial charge on any atom is -0.337 e. The first-order chi connectivity index (χ1) is 7.63. The summed E-state index contributed by atoms with van der Waals surface area (Å²) in [6, 6.07) is 4.65. The van der Waals surface area contributed by atoms with Crippen LogP contribution in [-0.2, 0) is 6.42 Å². The van der Waals surface area contributed by atoms with E-state index in [2.05, 4.69) is 4.98 Å². The van der Waals surface area contributed by atoms with Crippen LogP contribution >= 0.6 is 23.8 Å². The van der Waals surface area contributed by atoms with Crippen LogP contribution in [0.2, 0.25) is 5.02 Å². The van der Waals surface area contributed by atoms with Crippen molar-refractivity contribution in [3.8, 4) is 5.69 Å². The third kappa shape index (κ3) is 1.90. The maximum absolute atomic E-state index is 13.3. The molecule has 0 aliphatic rings. The fourth-order valence-corrected chi connectivity index (χ4v) is 1.97. The quantitative estimate of drug-likeness (QED) is 0.809. The van der Waals surface area contributed by atoms with Gasteiger partial charge in [-0.2, -0.15) is 0 Å². The molecule has 0 bridgehead atoms. The van der Waals surface area contributed by atoms with Crippen molar-refractivity contribution in [3.63, 3.8) is 0 Å². The molecule has 2 aromatic rings. The van der Waals surface area contributed by atoms with Gasteiger partial charge in [-0.3, -0.25) is 4.57 Å². The molecular weight excluding hydrogens is 247 g/mol. The average molecular weight is 257 g/mol. The number of nitrogens with zero attached hydrogens (tertiary/aromatic N) is 1. The van der Waals surface area contributed by atoms with Gasteiger partial charge in [0.15, 0.2) is 4.77 Å².